The summed E-state index contributed by atoms with van der Waals surface area (Å²) in [5.41, 5.74) is 0.229. The maximum Gasteiger partial charge on any atom is 0.269 e. The summed E-state index contributed by atoms with van der Waals surface area (Å²) in [6, 6.07) is 0.0819. The molecule has 2 atom stereocenters. The Bertz CT molecular complexity index is 188. The van der Waals surface area contributed by atoms with Crippen LogP contribution in [0.5, 0.6) is 0 Å². The van der Waals surface area contributed by atoms with Crippen molar-refractivity contribution < 1.29 is 10.0 Å². The van der Waals surface area contributed by atoms with E-state index in [1.165, 1.54) is 0 Å². The number of hydrogen-bond acceptors (Lipinski definition) is 3. The molecule has 0 saturated carbocycles. The fourth-order valence-electron chi connectivity index (χ4n) is 0.986. The van der Waals surface area contributed by atoms with Crippen LogP contribution < -0.4 is 5.32 Å². The fourth-order valence-corrected chi connectivity index (χ4v) is 0.986. The van der Waals surface area contributed by atoms with Gasteiger partial charge in [-0.3, -0.25) is 4.79 Å². The van der Waals surface area contributed by atoms with Crippen molar-refractivity contribution in [2.45, 2.75) is 19.9 Å². The van der Waals surface area contributed by atoms with Crippen LogP contribution in [0.15, 0.2) is 5.16 Å². The zero-order valence-electron chi connectivity index (χ0n) is 5.96. The van der Waals surface area contributed by atoms with E-state index < -0.39 is 0 Å². The molecule has 1 amide bonds. The van der Waals surface area contributed by atoms with Crippen LogP contribution in [0.3, 0.4) is 0 Å². The molecular formula is C6H10N2O2. The Morgan fingerprint density at radius 2 is 2.20 bits per heavy atom. The van der Waals surface area contributed by atoms with Crippen molar-refractivity contribution in [2.75, 3.05) is 0 Å². The first-order valence-electron chi connectivity index (χ1n) is 3.19. The average molecular weight is 142 g/mol. The number of carbonyl (C=O) groups excluding carboxylic acids is 1. The van der Waals surface area contributed by atoms with E-state index in [-0.39, 0.29) is 23.6 Å². The number of rotatable bonds is 0. The van der Waals surface area contributed by atoms with E-state index >= 15 is 0 Å². The van der Waals surface area contributed by atoms with Crippen molar-refractivity contribution in [1.82, 2.24) is 5.32 Å². The van der Waals surface area contributed by atoms with Gasteiger partial charge in [-0.05, 0) is 6.92 Å². The van der Waals surface area contributed by atoms with Gasteiger partial charge in [0.15, 0.2) is 0 Å². The molecule has 10 heavy (non-hydrogen) atoms. The van der Waals surface area contributed by atoms with Crippen LogP contribution in [0, 0.1) is 5.92 Å². The first kappa shape index (κ1) is 7.05. The SMILES string of the molecule is CC1NC(=O)C(=NO)C1C. The number of nitrogens with zero attached hydrogens (tertiary/aromatic N) is 1. The lowest BCUT2D eigenvalue weighted by atomic mass is 10.0. The van der Waals surface area contributed by atoms with E-state index in [1.54, 1.807) is 0 Å². The minimum atomic E-state index is -0.262. The van der Waals surface area contributed by atoms with Gasteiger partial charge in [0.1, 0.15) is 5.71 Å². The molecule has 0 aromatic carbocycles. The van der Waals surface area contributed by atoms with Gasteiger partial charge >= 0.3 is 0 Å². The van der Waals surface area contributed by atoms with Crippen LogP contribution in [0.2, 0.25) is 0 Å². The van der Waals surface area contributed by atoms with Gasteiger partial charge in [0.05, 0.1) is 0 Å². The summed E-state index contributed by atoms with van der Waals surface area (Å²) >= 11 is 0. The molecule has 56 valence electrons. The Morgan fingerprint density at radius 1 is 1.60 bits per heavy atom. The minimum Gasteiger partial charge on any atom is -0.410 e. The summed E-state index contributed by atoms with van der Waals surface area (Å²) in [5, 5.41) is 13.9. The third-order valence-electron chi connectivity index (χ3n) is 1.88. The molecule has 1 saturated heterocycles. The van der Waals surface area contributed by atoms with Crippen molar-refractivity contribution in [3.63, 3.8) is 0 Å². The van der Waals surface area contributed by atoms with Gasteiger partial charge in [-0.2, -0.15) is 0 Å². The topological polar surface area (TPSA) is 61.7 Å². The molecule has 2 N–H and O–H groups in total. The number of oxime groups is 1. The molecule has 1 fully saturated rings. The molecule has 1 aliphatic rings. The molecule has 0 radical (unpaired) electrons. The average Bonchev–Trinajstić information content (AvgIpc) is 2.09. The molecule has 4 nitrogen and oxygen atoms in total. The third-order valence-corrected chi connectivity index (χ3v) is 1.88. The summed E-state index contributed by atoms with van der Waals surface area (Å²) < 4.78 is 0. The maximum atomic E-state index is 10.8. The Hall–Kier alpha value is -1.06. The second kappa shape index (κ2) is 2.28. The monoisotopic (exact) mass is 142 g/mol. The molecule has 4 heteroatoms. The highest BCUT2D eigenvalue weighted by Crippen LogP contribution is 2.12. The zero-order chi connectivity index (χ0) is 7.72. The largest absolute Gasteiger partial charge is 0.410 e. The van der Waals surface area contributed by atoms with Gasteiger partial charge in [0.25, 0.3) is 5.91 Å². The van der Waals surface area contributed by atoms with Crippen LogP contribution in [0.4, 0.5) is 0 Å². The van der Waals surface area contributed by atoms with Crippen molar-refractivity contribution in [3.8, 4) is 0 Å². The highest BCUT2D eigenvalue weighted by atomic mass is 16.4. The van der Waals surface area contributed by atoms with Crippen molar-refractivity contribution in [2.24, 2.45) is 11.1 Å². The van der Waals surface area contributed by atoms with E-state index in [0.29, 0.717) is 0 Å². The summed E-state index contributed by atoms with van der Waals surface area (Å²) in [6.45, 7) is 3.72. The first-order chi connectivity index (χ1) is 4.66. The van der Waals surface area contributed by atoms with Crippen LogP contribution in [-0.2, 0) is 4.79 Å². The van der Waals surface area contributed by atoms with Gasteiger partial charge < -0.3 is 10.5 Å². The zero-order valence-corrected chi connectivity index (χ0v) is 5.96. The van der Waals surface area contributed by atoms with E-state index in [1.807, 2.05) is 13.8 Å². The Morgan fingerprint density at radius 3 is 2.40 bits per heavy atom. The lowest BCUT2D eigenvalue weighted by Crippen LogP contribution is -2.24. The summed E-state index contributed by atoms with van der Waals surface area (Å²) in [6.07, 6.45) is 0. The van der Waals surface area contributed by atoms with Crippen molar-refractivity contribution in [3.05, 3.63) is 0 Å². The summed E-state index contributed by atoms with van der Waals surface area (Å²) in [5.74, 6) is -0.250. The van der Waals surface area contributed by atoms with E-state index in [2.05, 4.69) is 10.5 Å². The number of hydrogen-bond donors (Lipinski definition) is 2. The normalized spacial score (nSPS) is 36.6. The Kier molecular flexibility index (Phi) is 1.61. The number of carbonyl (C=O) groups is 1. The highest BCUT2D eigenvalue weighted by molar-refractivity contribution is 6.41. The standard InChI is InChI=1S/C6H10N2O2/c1-3-4(2)7-6(9)5(3)8-10/h3-4,10H,1-2H3,(H,7,9). The van der Waals surface area contributed by atoms with Gasteiger partial charge in [0.2, 0.25) is 0 Å². The van der Waals surface area contributed by atoms with Crippen LogP contribution in [0.25, 0.3) is 0 Å². The van der Waals surface area contributed by atoms with E-state index in [4.69, 9.17) is 5.21 Å². The van der Waals surface area contributed by atoms with E-state index in [0.717, 1.165) is 0 Å². The van der Waals surface area contributed by atoms with Crippen molar-refractivity contribution >= 4 is 11.6 Å². The predicted molar refractivity (Wildman–Crippen MR) is 36.0 cm³/mol. The maximum absolute atomic E-state index is 10.8. The molecule has 2 unspecified atom stereocenters. The lowest BCUT2D eigenvalue weighted by molar-refractivity contribution is -0.114. The van der Waals surface area contributed by atoms with Crippen molar-refractivity contribution in [1.29, 1.82) is 0 Å². The van der Waals surface area contributed by atoms with Crippen LogP contribution in [-0.4, -0.2) is 22.9 Å². The number of nitrogens with one attached hydrogen (secondary N) is 1. The summed E-state index contributed by atoms with van der Waals surface area (Å²) in [4.78, 5) is 10.8. The second-order valence-corrected chi connectivity index (χ2v) is 2.54. The lowest BCUT2D eigenvalue weighted by Gasteiger charge is -2.04. The van der Waals surface area contributed by atoms with E-state index in [9.17, 15) is 4.79 Å². The Labute approximate surface area is 58.9 Å². The van der Waals surface area contributed by atoms with Gasteiger partial charge in [-0.15, -0.1) is 0 Å². The quantitative estimate of drug-likeness (QED) is 0.368. The molecule has 1 rings (SSSR count). The third kappa shape index (κ3) is 0.853. The molecule has 0 aromatic heterocycles. The Balaban J connectivity index is 2.85. The first-order valence-corrected chi connectivity index (χ1v) is 3.19. The second-order valence-electron chi connectivity index (χ2n) is 2.54. The fraction of sp³-hybridized carbons (Fsp3) is 0.667. The molecule has 1 heterocycles. The molecular weight excluding hydrogens is 132 g/mol. The predicted octanol–water partition coefficient (Wildman–Crippen LogP) is -0.0290. The highest BCUT2D eigenvalue weighted by Gasteiger charge is 2.33. The van der Waals surface area contributed by atoms with Gasteiger partial charge in [-0.1, -0.05) is 12.1 Å². The van der Waals surface area contributed by atoms with Gasteiger partial charge in [-0.25, -0.2) is 0 Å². The van der Waals surface area contributed by atoms with Gasteiger partial charge in [0, 0.05) is 12.0 Å². The molecule has 0 bridgehead atoms. The number of amides is 1. The smallest absolute Gasteiger partial charge is 0.269 e. The molecule has 0 spiro atoms. The van der Waals surface area contributed by atoms with Crippen LogP contribution >= 0.6 is 0 Å². The molecule has 1 aliphatic heterocycles. The minimum absolute atomic E-state index is 0.0116. The van der Waals surface area contributed by atoms with Crippen LogP contribution in [0.1, 0.15) is 13.8 Å². The molecule has 0 aliphatic carbocycles. The molecule has 0 aromatic rings. The summed E-state index contributed by atoms with van der Waals surface area (Å²) in [7, 11) is 0.